The van der Waals surface area contributed by atoms with Crippen LogP contribution < -0.4 is 10.1 Å². The molecule has 1 aromatic carbocycles. The van der Waals surface area contributed by atoms with Crippen LogP contribution >= 0.6 is 0 Å². The topological polar surface area (TPSA) is 51.2 Å². The molecule has 0 spiro atoms. The number of nitrogens with zero attached hydrogens (tertiary/aromatic N) is 1. The number of aryl methyl sites for hydroxylation is 2. The van der Waals surface area contributed by atoms with Gasteiger partial charge in [-0.25, -0.2) is 4.98 Å². The molecule has 0 radical (unpaired) electrons. The van der Waals surface area contributed by atoms with Crippen LogP contribution in [-0.4, -0.2) is 17.5 Å². The number of rotatable bonds is 5. The summed E-state index contributed by atoms with van der Waals surface area (Å²) < 4.78 is 5.55. The molecule has 2 rings (SSSR count). The van der Waals surface area contributed by atoms with Crippen LogP contribution in [0.25, 0.3) is 0 Å². The van der Waals surface area contributed by atoms with Crippen LogP contribution in [0.3, 0.4) is 0 Å². The predicted molar refractivity (Wildman–Crippen MR) is 78.9 cm³/mol. The fourth-order valence-corrected chi connectivity index (χ4v) is 1.80. The molecule has 4 heteroatoms. The zero-order chi connectivity index (χ0) is 14.4. The lowest BCUT2D eigenvalue weighted by Crippen LogP contribution is -2.21. The van der Waals surface area contributed by atoms with Crippen LogP contribution in [0.4, 0.5) is 5.82 Å². The van der Waals surface area contributed by atoms with Gasteiger partial charge in [0.1, 0.15) is 11.6 Å². The van der Waals surface area contributed by atoms with Crippen molar-refractivity contribution in [1.82, 2.24) is 4.98 Å². The smallest absolute Gasteiger partial charge is 0.263 e. The number of para-hydroxylation sites is 1. The van der Waals surface area contributed by atoms with Crippen LogP contribution in [-0.2, 0) is 11.2 Å². The number of anilines is 1. The molecule has 0 bridgehead atoms. The quantitative estimate of drug-likeness (QED) is 0.908. The highest BCUT2D eigenvalue weighted by Crippen LogP contribution is 2.18. The normalized spacial score (nSPS) is 10.1. The van der Waals surface area contributed by atoms with E-state index in [1.807, 2.05) is 37.3 Å². The summed E-state index contributed by atoms with van der Waals surface area (Å²) in [6.07, 6.45) is 2.58. The Kier molecular flexibility index (Phi) is 4.71. The van der Waals surface area contributed by atoms with Crippen molar-refractivity contribution in [2.45, 2.75) is 20.3 Å². The molecule has 0 saturated heterocycles. The van der Waals surface area contributed by atoms with Gasteiger partial charge in [-0.3, -0.25) is 4.79 Å². The Morgan fingerprint density at radius 1 is 1.25 bits per heavy atom. The van der Waals surface area contributed by atoms with Crippen molar-refractivity contribution in [3.63, 3.8) is 0 Å². The summed E-state index contributed by atoms with van der Waals surface area (Å²) in [5, 5.41) is 2.70. The van der Waals surface area contributed by atoms with E-state index in [2.05, 4.69) is 17.2 Å². The van der Waals surface area contributed by atoms with Gasteiger partial charge in [0.15, 0.2) is 6.61 Å². The summed E-state index contributed by atoms with van der Waals surface area (Å²) in [4.78, 5) is 15.9. The molecule has 0 aliphatic heterocycles. The van der Waals surface area contributed by atoms with E-state index in [-0.39, 0.29) is 12.5 Å². The number of amides is 1. The summed E-state index contributed by atoms with van der Waals surface area (Å²) in [6.45, 7) is 3.98. The molecule has 0 fully saturated rings. The van der Waals surface area contributed by atoms with E-state index in [9.17, 15) is 4.79 Å². The molecule has 0 aliphatic rings. The Morgan fingerprint density at radius 2 is 2.05 bits per heavy atom. The van der Waals surface area contributed by atoms with Crippen molar-refractivity contribution >= 4 is 11.7 Å². The molecular formula is C16H18N2O2. The summed E-state index contributed by atoms with van der Waals surface area (Å²) in [6, 6.07) is 11.4. The fraction of sp³-hybridized carbons (Fsp3) is 0.250. The molecule has 20 heavy (non-hydrogen) atoms. The SMILES string of the molecule is CCc1ccccc1OCC(=O)Nc1ccc(C)cn1. The Bertz CT molecular complexity index is 579. The van der Waals surface area contributed by atoms with E-state index in [4.69, 9.17) is 4.74 Å². The molecule has 0 unspecified atom stereocenters. The predicted octanol–water partition coefficient (Wildman–Crippen LogP) is 2.97. The fourth-order valence-electron chi connectivity index (χ4n) is 1.80. The molecule has 0 saturated carbocycles. The van der Waals surface area contributed by atoms with E-state index in [0.29, 0.717) is 5.82 Å². The minimum Gasteiger partial charge on any atom is -0.483 e. The maximum absolute atomic E-state index is 11.8. The second-order valence-corrected chi connectivity index (χ2v) is 4.52. The van der Waals surface area contributed by atoms with Crippen molar-refractivity contribution in [3.8, 4) is 5.75 Å². The molecule has 1 amide bonds. The Balaban J connectivity index is 1.90. The van der Waals surface area contributed by atoms with E-state index < -0.39 is 0 Å². The third kappa shape index (κ3) is 3.82. The first-order valence-corrected chi connectivity index (χ1v) is 6.62. The highest BCUT2D eigenvalue weighted by atomic mass is 16.5. The summed E-state index contributed by atoms with van der Waals surface area (Å²) >= 11 is 0. The second-order valence-electron chi connectivity index (χ2n) is 4.52. The number of carbonyl (C=O) groups excluding carboxylic acids is 1. The highest BCUT2D eigenvalue weighted by molar-refractivity contribution is 5.90. The van der Waals surface area contributed by atoms with Gasteiger partial charge in [-0.2, -0.15) is 0 Å². The van der Waals surface area contributed by atoms with Gasteiger partial charge in [0.05, 0.1) is 0 Å². The van der Waals surface area contributed by atoms with Gasteiger partial charge in [-0.05, 0) is 36.6 Å². The lowest BCUT2D eigenvalue weighted by molar-refractivity contribution is -0.118. The third-order valence-electron chi connectivity index (χ3n) is 2.89. The van der Waals surface area contributed by atoms with E-state index in [1.165, 1.54) is 0 Å². The molecule has 4 nitrogen and oxygen atoms in total. The third-order valence-corrected chi connectivity index (χ3v) is 2.89. The molecule has 1 N–H and O–H groups in total. The van der Waals surface area contributed by atoms with Crippen LogP contribution in [0.2, 0.25) is 0 Å². The van der Waals surface area contributed by atoms with Crippen LogP contribution in [0.1, 0.15) is 18.1 Å². The van der Waals surface area contributed by atoms with Crippen molar-refractivity contribution in [2.75, 3.05) is 11.9 Å². The van der Waals surface area contributed by atoms with Gasteiger partial charge >= 0.3 is 0 Å². The summed E-state index contributed by atoms with van der Waals surface area (Å²) in [7, 11) is 0. The minimum absolute atomic E-state index is 0.0213. The molecule has 1 heterocycles. The molecule has 1 aromatic heterocycles. The average molecular weight is 270 g/mol. The van der Waals surface area contributed by atoms with Crippen molar-refractivity contribution < 1.29 is 9.53 Å². The van der Waals surface area contributed by atoms with Crippen LogP contribution in [0.5, 0.6) is 5.75 Å². The zero-order valence-corrected chi connectivity index (χ0v) is 11.7. The standard InChI is InChI=1S/C16H18N2O2/c1-3-13-6-4-5-7-14(13)20-11-16(19)18-15-9-8-12(2)10-17-15/h4-10H,3,11H2,1-2H3,(H,17,18,19). The summed E-state index contributed by atoms with van der Waals surface area (Å²) in [5.74, 6) is 1.07. The van der Waals surface area contributed by atoms with E-state index in [0.717, 1.165) is 23.3 Å². The second kappa shape index (κ2) is 6.70. The largest absolute Gasteiger partial charge is 0.483 e. The highest BCUT2D eigenvalue weighted by Gasteiger charge is 2.06. The zero-order valence-electron chi connectivity index (χ0n) is 11.7. The maximum Gasteiger partial charge on any atom is 0.263 e. The number of carbonyl (C=O) groups is 1. The first kappa shape index (κ1) is 14.1. The van der Waals surface area contributed by atoms with Crippen LogP contribution in [0.15, 0.2) is 42.6 Å². The minimum atomic E-state index is -0.216. The van der Waals surface area contributed by atoms with Gasteiger partial charge in [0, 0.05) is 6.20 Å². The lowest BCUT2D eigenvalue weighted by atomic mass is 10.1. The number of aromatic nitrogens is 1. The van der Waals surface area contributed by atoms with Gasteiger partial charge in [0.2, 0.25) is 0 Å². The van der Waals surface area contributed by atoms with E-state index in [1.54, 1.807) is 12.3 Å². The molecular weight excluding hydrogens is 252 g/mol. The van der Waals surface area contributed by atoms with Gasteiger partial charge in [-0.1, -0.05) is 31.2 Å². The number of ether oxygens (including phenoxy) is 1. The molecule has 104 valence electrons. The molecule has 0 atom stereocenters. The average Bonchev–Trinajstić information content (AvgIpc) is 2.48. The Labute approximate surface area is 118 Å². The van der Waals surface area contributed by atoms with Crippen molar-refractivity contribution in [3.05, 3.63) is 53.7 Å². The van der Waals surface area contributed by atoms with Gasteiger partial charge in [0.25, 0.3) is 5.91 Å². The Morgan fingerprint density at radius 3 is 2.75 bits per heavy atom. The molecule has 2 aromatic rings. The van der Waals surface area contributed by atoms with E-state index >= 15 is 0 Å². The first-order valence-electron chi connectivity index (χ1n) is 6.62. The number of pyridine rings is 1. The number of hydrogen-bond donors (Lipinski definition) is 1. The van der Waals surface area contributed by atoms with Crippen molar-refractivity contribution in [2.24, 2.45) is 0 Å². The number of hydrogen-bond acceptors (Lipinski definition) is 3. The number of nitrogens with one attached hydrogen (secondary N) is 1. The van der Waals surface area contributed by atoms with Crippen molar-refractivity contribution in [1.29, 1.82) is 0 Å². The molecule has 0 aliphatic carbocycles. The maximum atomic E-state index is 11.8. The first-order chi connectivity index (χ1) is 9.69. The Hall–Kier alpha value is -2.36. The lowest BCUT2D eigenvalue weighted by Gasteiger charge is -2.10. The van der Waals surface area contributed by atoms with Gasteiger partial charge in [-0.15, -0.1) is 0 Å². The number of benzene rings is 1. The van der Waals surface area contributed by atoms with Gasteiger partial charge < -0.3 is 10.1 Å². The monoisotopic (exact) mass is 270 g/mol. The van der Waals surface area contributed by atoms with Crippen LogP contribution in [0, 0.1) is 6.92 Å². The summed E-state index contributed by atoms with van der Waals surface area (Å²) in [5.41, 5.74) is 2.14.